The van der Waals surface area contributed by atoms with Gasteiger partial charge < -0.3 is 15.7 Å². The van der Waals surface area contributed by atoms with Crippen molar-refractivity contribution < 1.29 is 5.11 Å². The molecule has 4 nitrogen and oxygen atoms in total. The fourth-order valence-electron chi connectivity index (χ4n) is 3.45. The molecule has 3 heterocycles. The summed E-state index contributed by atoms with van der Waals surface area (Å²) < 4.78 is 0. The number of hydrogen-bond acceptors (Lipinski definition) is 4. The zero-order chi connectivity index (χ0) is 12.7. The van der Waals surface area contributed by atoms with Gasteiger partial charge in [-0.1, -0.05) is 6.07 Å². The minimum atomic E-state index is -0.134. The second-order valence-electron chi connectivity index (χ2n) is 5.56. The number of pyridine rings is 1. The Hall–Kier alpha value is -1.13. The van der Waals surface area contributed by atoms with E-state index in [0.29, 0.717) is 18.6 Å². The van der Waals surface area contributed by atoms with Crippen LogP contribution in [0.4, 0.5) is 5.82 Å². The SMILES string of the molecule is Cc1ccc(CN)c(N2C3CCC2CC(O)C3)n1. The molecule has 0 radical (unpaired) electrons. The normalized spacial score (nSPS) is 30.8. The average molecular weight is 247 g/mol. The minimum absolute atomic E-state index is 0.134. The Morgan fingerprint density at radius 1 is 1.33 bits per heavy atom. The van der Waals surface area contributed by atoms with E-state index >= 15 is 0 Å². The minimum Gasteiger partial charge on any atom is -0.393 e. The number of nitrogens with two attached hydrogens (primary N) is 1. The number of aryl methyl sites for hydroxylation is 1. The average Bonchev–Trinajstić information content (AvgIpc) is 2.61. The van der Waals surface area contributed by atoms with Crippen LogP contribution in [0.2, 0.25) is 0 Å². The first-order valence-corrected chi connectivity index (χ1v) is 6.82. The molecule has 0 spiro atoms. The highest BCUT2D eigenvalue weighted by atomic mass is 16.3. The third-order valence-corrected chi connectivity index (χ3v) is 4.27. The Morgan fingerprint density at radius 3 is 2.61 bits per heavy atom. The van der Waals surface area contributed by atoms with Crippen molar-refractivity contribution in [1.29, 1.82) is 0 Å². The van der Waals surface area contributed by atoms with Crippen LogP contribution in [0.1, 0.15) is 36.9 Å². The highest BCUT2D eigenvalue weighted by Crippen LogP contribution is 2.39. The van der Waals surface area contributed by atoms with E-state index in [1.54, 1.807) is 0 Å². The summed E-state index contributed by atoms with van der Waals surface area (Å²) in [5, 5.41) is 9.86. The molecule has 1 aromatic rings. The zero-order valence-electron chi connectivity index (χ0n) is 10.8. The zero-order valence-corrected chi connectivity index (χ0v) is 10.8. The molecule has 2 aliphatic rings. The van der Waals surface area contributed by atoms with Crippen LogP contribution in [0, 0.1) is 6.92 Å². The number of aliphatic hydroxyl groups is 1. The van der Waals surface area contributed by atoms with Gasteiger partial charge in [0.05, 0.1) is 6.10 Å². The first kappa shape index (κ1) is 11.9. The summed E-state index contributed by atoms with van der Waals surface area (Å²) in [6.07, 6.45) is 3.94. The molecule has 2 atom stereocenters. The van der Waals surface area contributed by atoms with Crippen LogP contribution < -0.4 is 10.6 Å². The molecule has 2 bridgehead atoms. The number of piperidine rings is 1. The maximum atomic E-state index is 9.86. The second kappa shape index (κ2) is 4.52. The Morgan fingerprint density at radius 2 is 2.00 bits per heavy atom. The van der Waals surface area contributed by atoms with Crippen molar-refractivity contribution in [3.05, 3.63) is 23.4 Å². The lowest BCUT2D eigenvalue weighted by Gasteiger charge is -2.39. The van der Waals surface area contributed by atoms with Gasteiger partial charge in [0.1, 0.15) is 5.82 Å². The molecular weight excluding hydrogens is 226 g/mol. The van der Waals surface area contributed by atoms with Gasteiger partial charge in [-0.15, -0.1) is 0 Å². The van der Waals surface area contributed by atoms with E-state index in [2.05, 4.69) is 11.0 Å². The standard InChI is InChI=1S/C14H21N3O/c1-9-2-3-10(8-15)14(16-9)17-11-4-5-12(17)7-13(18)6-11/h2-3,11-13,18H,4-8,15H2,1H3. The van der Waals surface area contributed by atoms with Gasteiger partial charge in [-0.2, -0.15) is 0 Å². The number of aliphatic hydroxyl groups excluding tert-OH is 1. The monoisotopic (exact) mass is 247 g/mol. The van der Waals surface area contributed by atoms with Crippen molar-refractivity contribution >= 4 is 5.82 Å². The van der Waals surface area contributed by atoms with Crippen molar-refractivity contribution in [3.63, 3.8) is 0 Å². The van der Waals surface area contributed by atoms with Gasteiger partial charge in [0.2, 0.25) is 0 Å². The molecule has 0 aliphatic carbocycles. The quantitative estimate of drug-likeness (QED) is 0.828. The largest absolute Gasteiger partial charge is 0.393 e. The number of rotatable bonds is 2. The van der Waals surface area contributed by atoms with Gasteiger partial charge in [-0.25, -0.2) is 4.98 Å². The molecule has 4 heteroatoms. The van der Waals surface area contributed by atoms with E-state index in [9.17, 15) is 5.11 Å². The van der Waals surface area contributed by atoms with Crippen LogP contribution in [0.3, 0.4) is 0 Å². The van der Waals surface area contributed by atoms with Crippen molar-refractivity contribution in [2.45, 2.75) is 57.3 Å². The Balaban J connectivity index is 1.98. The predicted molar refractivity (Wildman–Crippen MR) is 71.4 cm³/mol. The summed E-state index contributed by atoms with van der Waals surface area (Å²) in [6, 6.07) is 4.99. The van der Waals surface area contributed by atoms with Crippen molar-refractivity contribution in [3.8, 4) is 0 Å². The van der Waals surface area contributed by atoms with Gasteiger partial charge in [0.15, 0.2) is 0 Å². The Kier molecular flexibility index (Phi) is 2.99. The van der Waals surface area contributed by atoms with Crippen LogP contribution >= 0.6 is 0 Å². The molecule has 0 amide bonds. The topological polar surface area (TPSA) is 62.4 Å². The predicted octanol–water partition coefficient (Wildman–Crippen LogP) is 1.34. The van der Waals surface area contributed by atoms with Crippen LogP contribution in [-0.4, -0.2) is 28.3 Å². The lowest BCUT2D eigenvalue weighted by atomic mass is 9.99. The Bertz CT molecular complexity index is 435. The van der Waals surface area contributed by atoms with E-state index in [1.165, 1.54) is 12.8 Å². The van der Waals surface area contributed by atoms with Gasteiger partial charge >= 0.3 is 0 Å². The van der Waals surface area contributed by atoms with E-state index in [-0.39, 0.29) is 6.10 Å². The molecule has 3 N–H and O–H groups in total. The summed E-state index contributed by atoms with van der Waals surface area (Å²) >= 11 is 0. The Labute approximate surface area is 108 Å². The highest BCUT2D eigenvalue weighted by molar-refractivity contribution is 5.51. The van der Waals surface area contributed by atoms with Crippen LogP contribution in [0.15, 0.2) is 12.1 Å². The van der Waals surface area contributed by atoms with Gasteiger partial charge in [-0.05, 0) is 38.7 Å². The van der Waals surface area contributed by atoms with E-state index in [0.717, 1.165) is 29.9 Å². The highest BCUT2D eigenvalue weighted by Gasteiger charge is 2.41. The third kappa shape index (κ3) is 1.89. The van der Waals surface area contributed by atoms with Crippen molar-refractivity contribution in [2.24, 2.45) is 5.73 Å². The maximum Gasteiger partial charge on any atom is 0.133 e. The van der Waals surface area contributed by atoms with E-state index in [4.69, 9.17) is 10.7 Å². The lowest BCUT2D eigenvalue weighted by molar-refractivity contribution is 0.126. The molecule has 98 valence electrons. The van der Waals surface area contributed by atoms with Crippen LogP contribution in [0.25, 0.3) is 0 Å². The fourth-order valence-corrected chi connectivity index (χ4v) is 3.45. The van der Waals surface area contributed by atoms with E-state index < -0.39 is 0 Å². The van der Waals surface area contributed by atoms with Crippen LogP contribution in [0.5, 0.6) is 0 Å². The van der Waals surface area contributed by atoms with Gasteiger partial charge in [0, 0.05) is 29.9 Å². The first-order chi connectivity index (χ1) is 8.69. The molecule has 3 rings (SSSR count). The number of hydrogen-bond donors (Lipinski definition) is 2. The molecule has 0 saturated carbocycles. The number of aromatic nitrogens is 1. The van der Waals surface area contributed by atoms with Crippen LogP contribution in [-0.2, 0) is 6.54 Å². The molecule has 2 unspecified atom stereocenters. The first-order valence-electron chi connectivity index (χ1n) is 6.82. The number of fused-ring (bicyclic) bond motifs is 2. The summed E-state index contributed by atoms with van der Waals surface area (Å²) in [4.78, 5) is 7.12. The van der Waals surface area contributed by atoms with Crippen molar-refractivity contribution in [1.82, 2.24) is 4.98 Å². The number of nitrogens with zero attached hydrogens (tertiary/aromatic N) is 2. The van der Waals surface area contributed by atoms with E-state index in [1.807, 2.05) is 13.0 Å². The summed E-state index contributed by atoms with van der Waals surface area (Å²) in [5.41, 5.74) is 7.98. The van der Waals surface area contributed by atoms with Crippen molar-refractivity contribution in [2.75, 3.05) is 4.90 Å². The molecule has 18 heavy (non-hydrogen) atoms. The third-order valence-electron chi connectivity index (χ3n) is 4.27. The second-order valence-corrected chi connectivity index (χ2v) is 5.56. The number of anilines is 1. The van der Waals surface area contributed by atoms with Gasteiger partial charge in [-0.3, -0.25) is 0 Å². The smallest absolute Gasteiger partial charge is 0.133 e. The molecule has 2 saturated heterocycles. The molecule has 0 aromatic carbocycles. The molecule has 2 fully saturated rings. The summed E-state index contributed by atoms with van der Waals surface area (Å²) in [5.74, 6) is 1.05. The van der Waals surface area contributed by atoms with Gasteiger partial charge in [0.25, 0.3) is 0 Å². The maximum absolute atomic E-state index is 9.86. The lowest BCUT2D eigenvalue weighted by Crippen LogP contribution is -2.45. The summed E-state index contributed by atoms with van der Waals surface area (Å²) in [6.45, 7) is 2.55. The molecular formula is C14H21N3O. The summed E-state index contributed by atoms with van der Waals surface area (Å²) in [7, 11) is 0. The molecule has 1 aromatic heterocycles. The fraction of sp³-hybridized carbons (Fsp3) is 0.643. The molecule has 2 aliphatic heterocycles.